The minimum atomic E-state index is -0.486. The first-order chi connectivity index (χ1) is 27.8. The molecule has 56 heavy (non-hydrogen) atoms. The quantitative estimate of drug-likeness (QED) is 0.172. The first kappa shape index (κ1) is 31.2. The van der Waals surface area contributed by atoms with Gasteiger partial charge >= 0.3 is 0 Å². The summed E-state index contributed by atoms with van der Waals surface area (Å²) in [6.07, 6.45) is 0. The summed E-state index contributed by atoms with van der Waals surface area (Å²) >= 11 is 0. The highest BCUT2D eigenvalue weighted by atomic mass is 15.1. The van der Waals surface area contributed by atoms with Gasteiger partial charge in [-0.15, -0.1) is 0 Å². The van der Waals surface area contributed by atoms with Gasteiger partial charge in [0.1, 0.15) is 0 Å². The lowest BCUT2D eigenvalue weighted by Crippen LogP contribution is -2.28. The van der Waals surface area contributed by atoms with Crippen LogP contribution in [0.25, 0.3) is 66.8 Å². The number of nitrogens with zero attached hydrogens (tertiary/aromatic N) is 1. The monoisotopic (exact) mass is 709 g/mol. The maximum atomic E-state index is 2.47. The summed E-state index contributed by atoms with van der Waals surface area (Å²) in [6.45, 7) is 0. The van der Waals surface area contributed by atoms with Crippen molar-refractivity contribution < 1.29 is 0 Å². The molecule has 0 saturated carbocycles. The Hall–Kier alpha value is -7.22. The summed E-state index contributed by atoms with van der Waals surface area (Å²) in [6, 6.07) is 78.9. The van der Waals surface area contributed by atoms with Crippen LogP contribution in [-0.4, -0.2) is 0 Å². The molecule has 0 spiro atoms. The molecule has 0 fully saturated rings. The van der Waals surface area contributed by atoms with Crippen LogP contribution < -0.4 is 4.90 Å². The van der Waals surface area contributed by atoms with Gasteiger partial charge in [-0.2, -0.15) is 0 Å². The lowest BCUT2D eigenvalue weighted by atomic mass is 9.67. The highest BCUT2D eigenvalue weighted by Crippen LogP contribution is 2.59. The van der Waals surface area contributed by atoms with Gasteiger partial charge in [0.15, 0.2) is 0 Å². The van der Waals surface area contributed by atoms with E-state index in [0.29, 0.717) is 0 Å². The van der Waals surface area contributed by atoms with Crippen molar-refractivity contribution in [2.24, 2.45) is 0 Å². The summed E-state index contributed by atoms with van der Waals surface area (Å²) in [5.74, 6) is 0. The number of fused-ring (bicyclic) bond motifs is 7. The largest absolute Gasteiger partial charge is 0.310 e. The van der Waals surface area contributed by atoms with Gasteiger partial charge in [0.05, 0.1) is 5.41 Å². The number of benzene rings is 9. The summed E-state index contributed by atoms with van der Waals surface area (Å²) in [4.78, 5) is 2.45. The Morgan fingerprint density at radius 1 is 0.250 bits per heavy atom. The summed E-state index contributed by atoms with van der Waals surface area (Å²) in [5, 5.41) is 0. The van der Waals surface area contributed by atoms with Crippen LogP contribution in [0.15, 0.2) is 212 Å². The molecule has 0 heterocycles. The van der Waals surface area contributed by atoms with E-state index in [9.17, 15) is 0 Å². The zero-order valence-corrected chi connectivity index (χ0v) is 30.7. The Morgan fingerprint density at radius 2 is 0.679 bits per heavy atom. The van der Waals surface area contributed by atoms with Crippen LogP contribution in [0.1, 0.15) is 22.3 Å². The molecule has 0 aliphatic heterocycles. The minimum absolute atomic E-state index is 0.486. The van der Waals surface area contributed by atoms with Crippen molar-refractivity contribution in [1.82, 2.24) is 0 Å². The number of hydrogen-bond acceptors (Lipinski definition) is 1. The molecule has 0 atom stereocenters. The summed E-state index contributed by atoms with van der Waals surface area (Å²) in [7, 11) is 0. The van der Waals surface area contributed by atoms with Crippen molar-refractivity contribution in [2.75, 3.05) is 4.90 Å². The number of rotatable bonds is 5. The van der Waals surface area contributed by atoms with Crippen LogP contribution in [0.5, 0.6) is 0 Å². The molecule has 1 heteroatoms. The van der Waals surface area contributed by atoms with Gasteiger partial charge in [-0.05, 0) is 125 Å². The average Bonchev–Trinajstić information content (AvgIpc) is 3.51. The predicted molar refractivity (Wildman–Crippen MR) is 233 cm³/mol. The van der Waals surface area contributed by atoms with E-state index in [1.165, 1.54) is 89.0 Å². The molecule has 9 aromatic carbocycles. The Bertz CT molecular complexity index is 2950. The van der Waals surface area contributed by atoms with Gasteiger partial charge in [-0.3, -0.25) is 0 Å². The highest BCUT2D eigenvalue weighted by Gasteiger charge is 2.46. The summed E-state index contributed by atoms with van der Waals surface area (Å²) in [5.41, 5.74) is 23.6. The second kappa shape index (κ2) is 11.9. The number of para-hydroxylation sites is 1. The first-order valence-corrected chi connectivity index (χ1v) is 19.5. The second-order valence-electron chi connectivity index (χ2n) is 15.2. The van der Waals surface area contributed by atoms with Crippen molar-refractivity contribution in [3.63, 3.8) is 0 Å². The van der Waals surface area contributed by atoms with E-state index >= 15 is 0 Å². The molecule has 0 saturated heterocycles. The SMILES string of the molecule is c1ccc(N(c2ccc3c(c2)-c2cccc4c2-c2ccccc2-c2cccc-4c2-3)c2ccc3c(c2)C(c2ccccc2)(c2ccccc2)c2ccccc2-3)cc1. The van der Waals surface area contributed by atoms with Crippen LogP contribution in [0.4, 0.5) is 17.1 Å². The van der Waals surface area contributed by atoms with E-state index in [0.717, 1.165) is 17.1 Å². The van der Waals surface area contributed by atoms with Crippen molar-refractivity contribution in [3.05, 3.63) is 235 Å². The molecule has 0 N–H and O–H groups in total. The molecule has 6 bridgehead atoms. The van der Waals surface area contributed by atoms with Crippen molar-refractivity contribution in [1.29, 1.82) is 0 Å². The van der Waals surface area contributed by atoms with E-state index in [4.69, 9.17) is 0 Å². The molecule has 12 rings (SSSR count). The predicted octanol–water partition coefficient (Wildman–Crippen LogP) is 14.5. The Kier molecular flexibility index (Phi) is 6.62. The van der Waals surface area contributed by atoms with Crippen LogP contribution in [0, 0.1) is 0 Å². The second-order valence-corrected chi connectivity index (χ2v) is 15.2. The molecular formula is C55H35N. The maximum absolute atomic E-state index is 2.47. The van der Waals surface area contributed by atoms with Crippen LogP contribution in [0.2, 0.25) is 0 Å². The van der Waals surface area contributed by atoms with E-state index in [1.807, 2.05) is 0 Å². The molecule has 0 radical (unpaired) electrons. The first-order valence-electron chi connectivity index (χ1n) is 19.5. The summed E-state index contributed by atoms with van der Waals surface area (Å²) < 4.78 is 0. The minimum Gasteiger partial charge on any atom is -0.310 e. The molecule has 260 valence electrons. The van der Waals surface area contributed by atoms with E-state index in [-0.39, 0.29) is 0 Å². The van der Waals surface area contributed by atoms with Crippen molar-refractivity contribution >= 4 is 17.1 Å². The van der Waals surface area contributed by atoms with Gasteiger partial charge in [0.2, 0.25) is 0 Å². The Morgan fingerprint density at radius 3 is 1.32 bits per heavy atom. The molecule has 0 amide bonds. The maximum Gasteiger partial charge on any atom is 0.0714 e. The van der Waals surface area contributed by atoms with Gasteiger partial charge in [0, 0.05) is 17.1 Å². The third-order valence-electron chi connectivity index (χ3n) is 12.4. The van der Waals surface area contributed by atoms with Crippen LogP contribution in [0.3, 0.4) is 0 Å². The average molecular weight is 710 g/mol. The molecular weight excluding hydrogens is 675 g/mol. The fraction of sp³-hybridized carbons (Fsp3) is 0.0182. The van der Waals surface area contributed by atoms with Gasteiger partial charge in [-0.25, -0.2) is 0 Å². The van der Waals surface area contributed by atoms with Crippen LogP contribution in [-0.2, 0) is 5.41 Å². The van der Waals surface area contributed by atoms with E-state index < -0.39 is 5.41 Å². The third kappa shape index (κ3) is 4.20. The molecule has 0 unspecified atom stereocenters. The third-order valence-corrected chi connectivity index (χ3v) is 12.4. The van der Waals surface area contributed by atoms with Crippen LogP contribution >= 0.6 is 0 Å². The number of anilines is 3. The van der Waals surface area contributed by atoms with Gasteiger partial charge < -0.3 is 4.90 Å². The Balaban J connectivity index is 1.12. The zero-order chi connectivity index (χ0) is 36.8. The molecule has 9 aromatic rings. The van der Waals surface area contributed by atoms with E-state index in [2.05, 4.69) is 217 Å². The molecule has 3 aliphatic rings. The van der Waals surface area contributed by atoms with E-state index in [1.54, 1.807) is 0 Å². The lowest BCUT2D eigenvalue weighted by Gasteiger charge is -2.35. The Labute approximate surface area is 327 Å². The molecule has 1 nitrogen and oxygen atoms in total. The van der Waals surface area contributed by atoms with Crippen molar-refractivity contribution in [2.45, 2.75) is 5.41 Å². The fourth-order valence-electron chi connectivity index (χ4n) is 10.2. The number of hydrogen-bond donors (Lipinski definition) is 0. The standard InChI is InChI=1S/C55H35N/c1-4-16-36(17-5-1)55(37-18-6-2-7-19-37)51-29-13-12-23-42(51)43-32-30-40(35-52(43)55)56(38-20-8-3-9-21-38)39-31-33-49-50(34-39)48-28-15-27-46-47-26-14-25-45(54(47)49)41-22-10-11-24-44(41)53(46)48/h1-35H. The van der Waals surface area contributed by atoms with Crippen molar-refractivity contribution in [3.8, 4) is 66.8 Å². The molecule has 0 aromatic heterocycles. The lowest BCUT2D eigenvalue weighted by molar-refractivity contribution is 0.768. The topological polar surface area (TPSA) is 3.24 Å². The molecule has 3 aliphatic carbocycles. The normalized spacial score (nSPS) is 13.1. The fourth-order valence-corrected chi connectivity index (χ4v) is 10.2. The van der Waals surface area contributed by atoms with Gasteiger partial charge in [-0.1, -0.05) is 176 Å². The van der Waals surface area contributed by atoms with Gasteiger partial charge in [0.25, 0.3) is 0 Å². The smallest absolute Gasteiger partial charge is 0.0714 e. The zero-order valence-electron chi connectivity index (χ0n) is 30.7. The highest BCUT2D eigenvalue weighted by molar-refractivity contribution is 6.15.